The minimum Gasteiger partial charge on any atom is -0.481 e. The number of hydrogen-bond acceptors (Lipinski definition) is 2. The minimum atomic E-state index is -0.761. The second kappa shape index (κ2) is 7.30. The number of carboxylic acid groups (broad SMARTS) is 1. The Morgan fingerprint density at radius 3 is 2.47 bits per heavy atom. The van der Waals surface area contributed by atoms with Crippen LogP contribution < -0.4 is 5.32 Å². The van der Waals surface area contributed by atoms with E-state index in [9.17, 15) is 9.59 Å². The summed E-state index contributed by atoms with van der Waals surface area (Å²) in [5.41, 5.74) is 0. The topological polar surface area (TPSA) is 66.4 Å². The molecule has 2 N–H and O–H groups in total. The van der Waals surface area contributed by atoms with Gasteiger partial charge in [-0.1, -0.05) is 26.2 Å². The van der Waals surface area contributed by atoms with Crippen LogP contribution in [0.4, 0.5) is 0 Å². The lowest BCUT2D eigenvalue weighted by Crippen LogP contribution is -2.30. The number of rotatable bonds is 7. The van der Waals surface area contributed by atoms with E-state index in [-0.39, 0.29) is 17.7 Å². The second-order valence-electron chi connectivity index (χ2n) is 4.90. The molecular formula is C13H23NO3. The Kier molecular flexibility index (Phi) is 6.01. The van der Waals surface area contributed by atoms with Crippen LogP contribution in [0.3, 0.4) is 0 Å². The predicted molar refractivity (Wildman–Crippen MR) is 65.6 cm³/mol. The number of carboxylic acids is 1. The van der Waals surface area contributed by atoms with Gasteiger partial charge in [0, 0.05) is 12.5 Å². The van der Waals surface area contributed by atoms with Gasteiger partial charge in [-0.15, -0.1) is 0 Å². The molecule has 1 amide bonds. The first kappa shape index (κ1) is 14.0. The number of amides is 1. The Morgan fingerprint density at radius 1 is 1.18 bits per heavy atom. The van der Waals surface area contributed by atoms with E-state index in [0.717, 1.165) is 25.8 Å². The van der Waals surface area contributed by atoms with E-state index in [1.165, 1.54) is 12.8 Å². The SMILES string of the molecule is CCCCCCNC(=O)C1CCC(C(=O)O)C1. The van der Waals surface area contributed by atoms with Gasteiger partial charge in [-0.25, -0.2) is 0 Å². The molecule has 0 spiro atoms. The lowest BCUT2D eigenvalue weighted by atomic mass is 10.0. The van der Waals surface area contributed by atoms with E-state index in [1.54, 1.807) is 0 Å². The minimum absolute atomic E-state index is 0.0465. The molecule has 98 valence electrons. The first-order valence-corrected chi connectivity index (χ1v) is 6.65. The van der Waals surface area contributed by atoms with Crippen molar-refractivity contribution in [1.82, 2.24) is 5.32 Å². The highest BCUT2D eigenvalue weighted by Crippen LogP contribution is 2.31. The number of unbranched alkanes of at least 4 members (excludes halogenated alkanes) is 3. The van der Waals surface area contributed by atoms with Crippen molar-refractivity contribution in [2.24, 2.45) is 11.8 Å². The van der Waals surface area contributed by atoms with Gasteiger partial charge >= 0.3 is 5.97 Å². The van der Waals surface area contributed by atoms with Crippen molar-refractivity contribution in [3.8, 4) is 0 Å². The molecule has 4 nitrogen and oxygen atoms in total. The van der Waals surface area contributed by atoms with Crippen molar-refractivity contribution < 1.29 is 14.7 Å². The Labute approximate surface area is 103 Å². The van der Waals surface area contributed by atoms with Gasteiger partial charge in [0.2, 0.25) is 5.91 Å². The molecule has 1 aliphatic carbocycles. The summed E-state index contributed by atoms with van der Waals surface area (Å²) in [6.45, 7) is 2.89. The standard InChI is InChI=1S/C13H23NO3/c1-2-3-4-5-8-14-12(15)10-6-7-11(9-10)13(16)17/h10-11H,2-9H2,1H3,(H,14,15)(H,16,17). The van der Waals surface area contributed by atoms with E-state index in [4.69, 9.17) is 5.11 Å². The lowest BCUT2D eigenvalue weighted by Gasteiger charge is -2.10. The third-order valence-corrected chi connectivity index (χ3v) is 3.48. The average molecular weight is 241 g/mol. The lowest BCUT2D eigenvalue weighted by molar-refractivity contribution is -0.141. The molecule has 1 saturated carbocycles. The number of carbonyl (C=O) groups is 2. The summed E-state index contributed by atoms with van der Waals surface area (Å²) in [5.74, 6) is -1.11. The summed E-state index contributed by atoms with van der Waals surface area (Å²) in [7, 11) is 0. The van der Waals surface area contributed by atoms with Crippen LogP contribution in [0, 0.1) is 11.8 Å². The van der Waals surface area contributed by atoms with Gasteiger partial charge < -0.3 is 10.4 Å². The normalized spacial score (nSPS) is 23.6. The van der Waals surface area contributed by atoms with Crippen LogP contribution in [0.25, 0.3) is 0 Å². The van der Waals surface area contributed by atoms with Crippen LogP contribution in [0.5, 0.6) is 0 Å². The van der Waals surface area contributed by atoms with Gasteiger partial charge in [0.05, 0.1) is 5.92 Å². The summed E-state index contributed by atoms with van der Waals surface area (Å²) in [6.07, 6.45) is 6.45. The number of hydrogen-bond donors (Lipinski definition) is 2. The highest BCUT2D eigenvalue weighted by atomic mass is 16.4. The van der Waals surface area contributed by atoms with E-state index >= 15 is 0 Å². The van der Waals surface area contributed by atoms with Gasteiger partial charge in [-0.05, 0) is 25.7 Å². The fourth-order valence-electron chi connectivity index (χ4n) is 2.35. The van der Waals surface area contributed by atoms with Crippen LogP contribution in [0.2, 0.25) is 0 Å². The smallest absolute Gasteiger partial charge is 0.306 e. The Morgan fingerprint density at radius 2 is 1.88 bits per heavy atom. The Hall–Kier alpha value is -1.06. The highest BCUT2D eigenvalue weighted by molar-refractivity contribution is 5.80. The van der Waals surface area contributed by atoms with Crippen LogP contribution in [-0.4, -0.2) is 23.5 Å². The zero-order valence-corrected chi connectivity index (χ0v) is 10.6. The molecule has 2 unspecified atom stereocenters. The highest BCUT2D eigenvalue weighted by Gasteiger charge is 2.33. The molecule has 1 aliphatic rings. The zero-order chi connectivity index (χ0) is 12.7. The maximum Gasteiger partial charge on any atom is 0.306 e. The number of carbonyl (C=O) groups excluding carboxylic acids is 1. The molecule has 4 heteroatoms. The second-order valence-corrected chi connectivity index (χ2v) is 4.90. The van der Waals surface area contributed by atoms with Crippen LogP contribution in [0.15, 0.2) is 0 Å². The van der Waals surface area contributed by atoms with Crippen molar-refractivity contribution >= 4 is 11.9 Å². The average Bonchev–Trinajstić information content (AvgIpc) is 2.78. The molecule has 0 heterocycles. The number of nitrogens with one attached hydrogen (secondary N) is 1. The fourth-order valence-corrected chi connectivity index (χ4v) is 2.35. The molecule has 0 saturated heterocycles. The molecule has 0 aromatic carbocycles. The monoisotopic (exact) mass is 241 g/mol. The molecule has 0 aromatic rings. The van der Waals surface area contributed by atoms with Crippen molar-refractivity contribution in [1.29, 1.82) is 0 Å². The fraction of sp³-hybridized carbons (Fsp3) is 0.846. The summed E-state index contributed by atoms with van der Waals surface area (Å²) in [4.78, 5) is 22.5. The predicted octanol–water partition coefficient (Wildman–Crippen LogP) is 2.18. The molecule has 17 heavy (non-hydrogen) atoms. The largest absolute Gasteiger partial charge is 0.481 e. The Bertz CT molecular complexity index is 265. The maximum atomic E-state index is 11.7. The Balaban J connectivity index is 2.14. The molecule has 1 rings (SSSR count). The van der Waals surface area contributed by atoms with E-state index in [1.807, 2.05) is 0 Å². The number of aliphatic carboxylic acids is 1. The summed E-state index contributed by atoms with van der Waals surface area (Å²) >= 11 is 0. The van der Waals surface area contributed by atoms with Crippen LogP contribution in [0.1, 0.15) is 51.9 Å². The van der Waals surface area contributed by atoms with Gasteiger partial charge in [0.15, 0.2) is 0 Å². The van der Waals surface area contributed by atoms with Crippen LogP contribution >= 0.6 is 0 Å². The van der Waals surface area contributed by atoms with Gasteiger partial charge in [0.1, 0.15) is 0 Å². The van der Waals surface area contributed by atoms with Gasteiger partial charge in [-0.3, -0.25) is 9.59 Å². The first-order chi connectivity index (χ1) is 8.15. The summed E-state index contributed by atoms with van der Waals surface area (Å²) in [6, 6.07) is 0. The van der Waals surface area contributed by atoms with E-state index < -0.39 is 5.97 Å². The maximum absolute atomic E-state index is 11.7. The van der Waals surface area contributed by atoms with E-state index in [2.05, 4.69) is 12.2 Å². The van der Waals surface area contributed by atoms with Gasteiger partial charge in [0.25, 0.3) is 0 Å². The van der Waals surface area contributed by atoms with Crippen molar-refractivity contribution in [3.05, 3.63) is 0 Å². The molecular weight excluding hydrogens is 218 g/mol. The van der Waals surface area contributed by atoms with Crippen molar-refractivity contribution in [2.45, 2.75) is 51.9 Å². The molecule has 2 atom stereocenters. The van der Waals surface area contributed by atoms with Gasteiger partial charge in [-0.2, -0.15) is 0 Å². The zero-order valence-electron chi connectivity index (χ0n) is 10.6. The molecule has 0 aliphatic heterocycles. The third-order valence-electron chi connectivity index (χ3n) is 3.48. The van der Waals surface area contributed by atoms with Crippen molar-refractivity contribution in [2.75, 3.05) is 6.54 Å². The third kappa shape index (κ3) is 4.75. The molecule has 0 radical (unpaired) electrons. The summed E-state index contributed by atoms with van der Waals surface area (Å²) < 4.78 is 0. The van der Waals surface area contributed by atoms with Crippen LogP contribution in [-0.2, 0) is 9.59 Å². The summed E-state index contributed by atoms with van der Waals surface area (Å²) in [5, 5.41) is 11.8. The molecule has 1 fully saturated rings. The molecule has 0 aromatic heterocycles. The van der Waals surface area contributed by atoms with E-state index in [0.29, 0.717) is 12.8 Å². The van der Waals surface area contributed by atoms with Crippen molar-refractivity contribution in [3.63, 3.8) is 0 Å². The molecule has 0 bridgehead atoms. The quantitative estimate of drug-likeness (QED) is 0.671. The first-order valence-electron chi connectivity index (χ1n) is 6.65.